The molecule has 3 aromatic rings. The van der Waals surface area contributed by atoms with E-state index in [2.05, 4.69) is 20.4 Å². The van der Waals surface area contributed by atoms with Crippen molar-refractivity contribution >= 4 is 17.4 Å². The summed E-state index contributed by atoms with van der Waals surface area (Å²) < 4.78 is 13.1. The summed E-state index contributed by atoms with van der Waals surface area (Å²) in [5.41, 5.74) is 3.46. The van der Waals surface area contributed by atoms with Crippen LogP contribution in [-0.2, 0) is 4.79 Å². The lowest BCUT2D eigenvalue weighted by atomic mass is 9.97. The first kappa shape index (κ1) is 19.1. The van der Waals surface area contributed by atoms with E-state index < -0.39 is 0 Å². The summed E-state index contributed by atoms with van der Waals surface area (Å²) in [4.78, 5) is 14.8. The van der Waals surface area contributed by atoms with Gasteiger partial charge in [-0.25, -0.2) is 4.39 Å². The zero-order valence-electron chi connectivity index (χ0n) is 16.3. The molecule has 0 spiro atoms. The summed E-state index contributed by atoms with van der Waals surface area (Å²) in [5.74, 6) is 0.421. The molecule has 1 aromatic heterocycles. The molecular weight excluding hydrogens is 367 g/mol. The number of nitrogens with zero attached hydrogens (tertiary/aromatic N) is 3. The van der Waals surface area contributed by atoms with Gasteiger partial charge in [-0.2, -0.15) is 0 Å². The minimum absolute atomic E-state index is 0.0381. The molecule has 4 rings (SSSR count). The van der Waals surface area contributed by atoms with Gasteiger partial charge in [-0.05, 0) is 73.9 Å². The smallest absolute Gasteiger partial charge is 0.229 e. The number of aryl methyl sites for hydroxylation is 1. The molecule has 1 amide bonds. The predicted octanol–water partition coefficient (Wildman–Crippen LogP) is 4.45. The number of halogens is 1. The third-order valence-electron chi connectivity index (χ3n) is 5.19. The fourth-order valence-corrected chi connectivity index (χ4v) is 3.63. The highest BCUT2D eigenvalue weighted by Crippen LogP contribution is 2.24. The zero-order chi connectivity index (χ0) is 20.2. The molecule has 0 aliphatic carbocycles. The maximum absolute atomic E-state index is 13.1. The van der Waals surface area contributed by atoms with Gasteiger partial charge in [0.1, 0.15) is 5.82 Å². The lowest BCUT2D eigenvalue weighted by molar-refractivity contribution is -0.120. The number of piperidine rings is 1. The molecular formula is C23H23FN4O. The second kappa shape index (κ2) is 8.39. The van der Waals surface area contributed by atoms with Gasteiger partial charge in [0.05, 0.1) is 11.6 Å². The first-order chi connectivity index (χ1) is 14.1. The zero-order valence-corrected chi connectivity index (χ0v) is 16.3. The van der Waals surface area contributed by atoms with Crippen LogP contribution >= 0.6 is 0 Å². The van der Waals surface area contributed by atoms with Crippen molar-refractivity contribution in [3.63, 3.8) is 0 Å². The summed E-state index contributed by atoms with van der Waals surface area (Å²) in [6.45, 7) is 3.47. The number of hydrogen-bond donors (Lipinski definition) is 1. The topological polar surface area (TPSA) is 58.1 Å². The largest absolute Gasteiger partial charge is 0.354 e. The number of aromatic nitrogens is 2. The second-order valence-corrected chi connectivity index (χ2v) is 7.43. The number of amides is 1. The van der Waals surface area contributed by atoms with E-state index in [0.717, 1.165) is 42.0 Å². The van der Waals surface area contributed by atoms with Crippen LogP contribution in [0.2, 0.25) is 0 Å². The lowest BCUT2D eigenvalue weighted by Crippen LogP contribution is -2.41. The molecule has 1 N–H and O–H groups in total. The van der Waals surface area contributed by atoms with E-state index in [-0.39, 0.29) is 17.6 Å². The van der Waals surface area contributed by atoms with E-state index in [0.29, 0.717) is 12.2 Å². The van der Waals surface area contributed by atoms with Crippen LogP contribution in [-0.4, -0.2) is 29.2 Å². The first-order valence-corrected chi connectivity index (χ1v) is 9.80. The monoisotopic (exact) mass is 390 g/mol. The van der Waals surface area contributed by atoms with Crippen molar-refractivity contribution in [2.45, 2.75) is 19.8 Å². The van der Waals surface area contributed by atoms with Gasteiger partial charge in [-0.15, -0.1) is 10.2 Å². The molecule has 1 atom stereocenters. The molecule has 1 saturated heterocycles. The number of rotatable bonds is 4. The normalized spacial score (nSPS) is 16.5. The summed E-state index contributed by atoms with van der Waals surface area (Å²) in [6.07, 6.45) is 1.78. The third-order valence-corrected chi connectivity index (χ3v) is 5.19. The minimum atomic E-state index is -0.276. The van der Waals surface area contributed by atoms with Crippen LogP contribution in [0, 0.1) is 18.7 Å². The maximum Gasteiger partial charge on any atom is 0.229 e. The van der Waals surface area contributed by atoms with E-state index >= 15 is 0 Å². The molecule has 1 aliphatic rings. The highest BCUT2D eigenvalue weighted by atomic mass is 19.1. The number of anilines is 2. The van der Waals surface area contributed by atoms with Crippen molar-refractivity contribution in [1.29, 1.82) is 0 Å². The Morgan fingerprint density at radius 3 is 2.66 bits per heavy atom. The van der Waals surface area contributed by atoms with Crippen molar-refractivity contribution in [2.75, 3.05) is 23.3 Å². The number of benzene rings is 2. The van der Waals surface area contributed by atoms with Crippen molar-refractivity contribution < 1.29 is 9.18 Å². The van der Waals surface area contributed by atoms with Crippen LogP contribution in [0.1, 0.15) is 18.4 Å². The Bertz CT molecular complexity index is 989. The molecule has 1 fully saturated rings. The van der Waals surface area contributed by atoms with Gasteiger partial charge in [0.25, 0.3) is 0 Å². The molecule has 0 saturated carbocycles. The minimum Gasteiger partial charge on any atom is -0.354 e. The average molecular weight is 390 g/mol. The predicted molar refractivity (Wildman–Crippen MR) is 112 cm³/mol. The number of hydrogen-bond acceptors (Lipinski definition) is 4. The lowest BCUT2D eigenvalue weighted by Gasteiger charge is -2.32. The highest BCUT2D eigenvalue weighted by Gasteiger charge is 2.26. The molecule has 2 aromatic carbocycles. The fourth-order valence-electron chi connectivity index (χ4n) is 3.63. The van der Waals surface area contributed by atoms with Gasteiger partial charge in [0.15, 0.2) is 5.82 Å². The molecule has 0 bridgehead atoms. The molecule has 2 heterocycles. The van der Waals surface area contributed by atoms with Gasteiger partial charge in [0.2, 0.25) is 5.91 Å². The Morgan fingerprint density at radius 2 is 1.93 bits per heavy atom. The van der Waals surface area contributed by atoms with E-state index in [1.807, 2.05) is 43.3 Å². The van der Waals surface area contributed by atoms with Gasteiger partial charge in [-0.3, -0.25) is 4.79 Å². The molecule has 1 unspecified atom stereocenters. The van der Waals surface area contributed by atoms with Crippen molar-refractivity contribution in [2.24, 2.45) is 5.92 Å². The van der Waals surface area contributed by atoms with Gasteiger partial charge in [-0.1, -0.05) is 12.1 Å². The van der Waals surface area contributed by atoms with Crippen LogP contribution in [0.25, 0.3) is 11.3 Å². The molecule has 148 valence electrons. The van der Waals surface area contributed by atoms with Gasteiger partial charge >= 0.3 is 0 Å². The van der Waals surface area contributed by atoms with E-state index in [1.54, 1.807) is 12.1 Å². The SMILES string of the molecule is Cc1cccc(NC(=O)C2CCCN(c3ccc(-c4ccc(F)cc4)nn3)C2)c1. The summed E-state index contributed by atoms with van der Waals surface area (Å²) in [7, 11) is 0. The van der Waals surface area contributed by atoms with Crippen LogP contribution in [0.3, 0.4) is 0 Å². The molecule has 0 radical (unpaired) electrons. The maximum atomic E-state index is 13.1. The third kappa shape index (κ3) is 4.59. The van der Waals surface area contributed by atoms with Crippen molar-refractivity contribution in [3.05, 3.63) is 72.0 Å². The Labute approximate surface area is 169 Å². The Balaban J connectivity index is 1.42. The number of nitrogens with one attached hydrogen (secondary N) is 1. The quantitative estimate of drug-likeness (QED) is 0.715. The average Bonchev–Trinajstić information content (AvgIpc) is 2.74. The number of carbonyl (C=O) groups is 1. The van der Waals surface area contributed by atoms with E-state index in [1.165, 1.54) is 12.1 Å². The van der Waals surface area contributed by atoms with Crippen LogP contribution in [0.5, 0.6) is 0 Å². The molecule has 6 heteroatoms. The van der Waals surface area contributed by atoms with E-state index in [4.69, 9.17) is 0 Å². The van der Waals surface area contributed by atoms with E-state index in [9.17, 15) is 9.18 Å². The van der Waals surface area contributed by atoms with Crippen LogP contribution < -0.4 is 10.2 Å². The summed E-state index contributed by atoms with van der Waals surface area (Å²) in [5, 5.41) is 11.7. The first-order valence-electron chi connectivity index (χ1n) is 9.80. The van der Waals surface area contributed by atoms with Gasteiger partial charge in [0, 0.05) is 24.3 Å². The van der Waals surface area contributed by atoms with Crippen molar-refractivity contribution in [1.82, 2.24) is 10.2 Å². The highest BCUT2D eigenvalue weighted by molar-refractivity contribution is 5.93. The fraction of sp³-hybridized carbons (Fsp3) is 0.261. The Kier molecular flexibility index (Phi) is 5.51. The second-order valence-electron chi connectivity index (χ2n) is 7.43. The van der Waals surface area contributed by atoms with Gasteiger partial charge < -0.3 is 10.2 Å². The van der Waals surface area contributed by atoms with Crippen LogP contribution in [0.15, 0.2) is 60.7 Å². The molecule has 1 aliphatic heterocycles. The summed E-state index contributed by atoms with van der Waals surface area (Å²) >= 11 is 0. The standard InChI is InChI=1S/C23H23FN4O/c1-16-4-2-6-20(14-16)25-23(29)18-5-3-13-28(15-18)22-12-11-21(26-27-22)17-7-9-19(24)10-8-17/h2,4,6-12,14,18H,3,5,13,15H2,1H3,(H,25,29). The van der Waals surface area contributed by atoms with Crippen molar-refractivity contribution in [3.8, 4) is 11.3 Å². The number of carbonyl (C=O) groups excluding carboxylic acids is 1. The Morgan fingerprint density at radius 1 is 1.10 bits per heavy atom. The molecule has 5 nitrogen and oxygen atoms in total. The van der Waals surface area contributed by atoms with Crippen LogP contribution in [0.4, 0.5) is 15.9 Å². The molecule has 29 heavy (non-hydrogen) atoms. The summed E-state index contributed by atoms with van der Waals surface area (Å²) in [6, 6.07) is 17.8. The Hall–Kier alpha value is -3.28.